The van der Waals surface area contributed by atoms with Crippen LogP contribution in [-0.2, 0) is 9.84 Å². The molecule has 27 heavy (non-hydrogen) atoms. The number of halogens is 3. The van der Waals surface area contributed by atoms with E-state index in [0.29, 0.717) is 0 Å². The molecule has 0 saturated carbocycles. The minimum absolute atomic E-state index is 0.0377. The third-order valence-electron chi connectivity index (χ3n) is 4.15. The molecule has 0 radical (unpaired) electrons. The maximum atomic E-state index is 14.5. The summed E-state index contributed by atoms with van der Waals surface area (Å²) in [6, 6.07) is 4.88. The molecule has 0 heterocycles. The van der Waals surface area contributed by atoms with E-state index in [2.05, 4.69) is 0 Å². The zero-order chi connectivity index (χ0) is 20.4. The van der Waals surface area contributed by atoms with Crippen molar-refractivity contribution >= 4 is 9.84 Å². The van der Waals surface area contributed by atoms with Crippen LogP contribution in [0.4, 0.5) is 13.2 Å². The van der Waals surface area contributed by atoms with Crippen molar-refractivity contribution in [1.29, 1.82) is 5.26 Å². The molecule has 2 rings (SSSR count). The van der Waals surface area contributed by atoms with Gasteiger partial charge < -0.3 is 9.84 Å². The van der Waals surface area contributed by atoms with E-state index in [1.165, 1.54) is 13.0 Å². The molecule has 146 valence electrons. The average Bonchev–Trinajstić information content (AvgIpc) is 2.62. The van der Waals surface area contributed by atoms with Crippen LogP contribution in [0.5, 0.6) is 5.75 Å². The minimum atomic E-state index is -3.78. The molecule has 1 aliphatic carbocycles. The van der Waals surface area contributed by atoms with Crippen LogP contribution in [0, 0.1) is 23.1 Å². The van der Waals surface area contributed by atoms with Gasteiger partial charge in [-0.2, -0.15) is 5.26 Å². The van der Waals surface area contributed by atoms with E-state index < -0.39 is 46.4 Å². The Bertz CT molecular complexity index is 921. The molecule has 1 aliphatic rings. The molecule has 0 saturated heterocycles. The van der Waals surface area contributed by atoms with Crippen molar-refractivity contribution in [2.24, 2.45) is 5.92 Å². The Hall–Kier alpha value is -2.31. The van der Waals surface area contributed by atoms with E-state index in [0.717, 1.165) is 30.5 Å². The van der Waals surface area contributed by atoms with E-state index in [1.807, 2.05) is 0 Å². The SMILES string of the molecule is CC1/C(Oc2cc(F)cc(C#N)c2)=C\C=C(\S(C)(=O)=O)C[C@H](O)[C@H](F)[C@@H]1F. The van der Waals surface area contributed by atoms with Gasteiger partial charge in [-0.3, -0.25) is 0 Å². The molecule has 9 heteroatoms. The Morgan fingerprint density at radius 1 is 1.22 bits per heavy atom. The van der Waals surface area contributed by atoms with Crippen LogP contribution < -0.4 is 4.74 Å². The number of ether oxygens (including phenoxy) is 1. The van der Waals surface area contributed by atoms with Crippen LogP contribution in [-0.4, -0.2) is 38.2 Å². The lowest BCUT2D eigenvalue weighted by atomic mass is 9.96. The average molecular weight is 401 g/mol. The van der Waals surface area contributed by atoms with Crippen LogP contribution in [0.2, 0.25) is 0 Å². The molecule has 0 fully saturated rings. The lowest BCUT2D eigenvalue weighted by Crippen LogP contribution is -2.36. The zero-order valence-corrected chi connectivity index (χ0v) is 15.4. The normalized spacial score (nSPS) is 30.6. The van der Waals surface area contributed by atoms with E-state index in [1.54, 1.807) is 6.07 Å². The third kappa shape index (κ3) is 5.11. The number of benzene rings is 1. The number of alkyl halides is 2. The summed E-state index contributed by atoms with van der Waals surface area (Å²) in [7, 11) is -3.78. The summed E-state index contributed by atoms with van der Waals surface area (Å²) in [6.45, 7) is 1.29. The number of nitrogens with zero attached hydrogens (tertiary/aromatic N) is 1. The minimum Gasteiger partial charge on any atom is -0.461 e. The molecule has 1 aromatic rings. The van der Waals surface area contributed by atoms with Gasteiger partial charge >= 0.3 is 0 Å². The van der Waals surface area contributed by atoms with Crippen molar-refractivity contribution in [3.8, 4) is 11.8 Å². The summed E-state index contributed by atoms with van der Waals surface area (Å²) in [5.74, 6) is -2.27. The van der Waals surface area contributed by atoms with Gasteiger partial charge in [-0.05, 0) is 24.3 Å². The number of hydrogen-bond acceptors (Lipinski definition) is 5. The number of aliphatic hydroxyl groups is 1. The Labute approximate surface area is 155 Å². The molecular formula is C18H18F3NO4S. The summed E-state index contributed by atoms with van der Waals surface area (Å²) in [5.41, 5.74) is -0.0377. The predicted molar refractivity (Wildman–Crippen MR) is 92.3 cm³/mol. The molecule has 0 bridgehead atoms. The van der Waals surface area contributed by atoms with E-state index in [9.17, 15) is 26.7 Å². The maximum absolute atomic E-state index is 14.5. The van der Waals surface area contributed by atoms with Crippen molar-refractivity contribution < 1.29 is 31.4 Å². The van der Waals surface area contributed by atoms with Gasteiger partial charge in [0.05, 0.1) is 17.7 Å². The fourth-order valence-corrected chi connectivity index (χ4v) is 3.37. The first-order valence-electron chi connectivity index (χ1n) is 7.98. The van der Waals surface area contributed by atoms with Crippen molar-refractivity contribution in [3.05, 3.63) is 52.4 Å². The highest BCUT2D eigenvalue weighted by molar-refractivity contribution is 7.94. The van der Waals surface area contributed by atoms with Gasteiger partial charge in [-0.15, -0.1) is 0 Å². The second kappa shape index (κ2) is 8.15. The van der Waals surface area contributed by atoms with Crippen LogP contribution in [0.1, 0.15) is 18.9 Å². The standard InChI is InChI=1S/C18H18F3NO4S/c1-10-16(26-13-6-11(9-22)5-12(19)7-13)4-3-14(27(2,24)25)8-15(23)18(21)17(10)20/h3-7,10,15,17-18,23H,8H2,1-2H3/b14-3+,16-4+/t10?,15-,17+,18-/m0/s1. The van der Waals surface area contributed by atoms with E-state index in [4.69, 9.17) is 10.00 Å². The van der Waals surface area contributed by atoms with Crippen LogP contribution in [0.15, 0.2) is 41.0 Å². The van der Waals surface area contributed by atoms with Crippen LogP contribution >= 0.6 is 0 Å². The molecule has 0 aromatic heterocycles. The highest BCUT2D eigenvalue weighted by atomic mass is 32.2. The Morgan fingerprint density at radius 3 is 2.48 bits per heavy atom. The summed E-state index contributed by atoms with van der Waals surface area (Å²) in [5, 5.41) is 18.7. The monoisotopic (exact) mass is 401 g/mol. The Kier molecular flexibility index (Phi) is 6.34. The lowest BCUT2D eigenvalue weighted by Gasteiger charge is -2.24. The van der Waals surface area contributed by atoms with Crippen LogP contribution in [0.25, 0.3) is 0 Å². The maximum Gasteiger partial charge on any atom is 0.171 e. The zero-order valence-electron chi connectivity index (χ0n) is 14.6. The predicted octanol–water partition coefficient (Wildman–Crippen LogP) is 2.97. The van der Waals surface area contributed by atoms with E-state index in [-0.39, 0.29) is 22.0 Å². The summed E-state index contributed by atoms with van der Waals surface area (Å²) >= 11 is 0. The van der Waals surface area contributed by atoms with Crippen molar-refractivity contribution in [2.75, 3.05) is 6.26 Å². The molecule has 0 spiro atoms. The van der Waals surface area contributed by atoms with E-state index >= 15 is 0 Å². The Balaban J connectivity index is 2.50. The molecule has 0 amide bonds. The van der Waals surface area contributed by atoms with Gasteiger partial charge in [0.1, 0.15) is 23.5 Å². The molecule has 5 nitrogen and oxygen atoms in total. The topological polar surface area (TPSA) is 87.4 Å². The molecular weight excluding hydrogens is 383 g/mol. The smallest absolute Gasteiger partial charge is 0.171 e. The highest BCUT2D eigenvalue weighted by Crippen LogP contribution is 2.31. The quantitative estimate of drug-likeness (QED) is 0.841. The largest absolute Gasteiger partial charge is 0.461 e. The second-order valence-corrected chi connectivity index (χ2v) is 8.38. The van der Waals surface area contributed by atoms with Gasteiger partial charge in [0.2, 0.25) is 0 Å². The third-order valence-corrected chi connectivity index (χ3v) is 5.41. The summed E-state index contributed by atoms with van der Waals surface area (Å²) < 4.78 is 71.4. The van der Waals surface area contributed by atoms with Crippen molar-refractivity contribution in [1.82, 2.24) is 0 Å². The first kappa shape index (κ1) is 21.0. The number of sulfone groups is 1. The number of rotatable bonds is 3. The molecule has 1 unspecified atom stereocenters. The number of aliphatic hydroxyl groups excluding tert-OH is 1. The molecule has 0 aliphatic heterocycles. The van der Waals surface area contributed by atoms with Gasteiger partial charge in [0, 0.05) is 29.6 Å². The Morgan fingerprint density at radius 2 is 1.89 bits per heavy atom. The van der Waals surface area contributed by atoms with Crippen molar-refractivity contribution in [3.63, 3.8) is 0 Å². The number of hydrogen-bond donors (Lipinski definition) is 1. The summed E-state index contributed by atoms with van der Waals surface area (Å²) in [4.78, 5) is -0.294. The van der Waals surface area contributed by atoms with Gasteiger partial charge in [-0.1, -0.05) is 6.92 Å². The molecule has 1 aromatic carbocycles. The molecule has 1 N–H and O–H groups in total. The highest BCUT2D eigenvalue weighted by Gasteiger charge is 2.37. The summed E-state index contributed by atoms with van der Waals surface area (Å²) in [6.07, 6.45) is -3.85. The number of allylic oxidation sites excluding steroid dienone is 3. The lowest BCUT2D eigenvalue weighted by molar-refractivity contribution is 0.00982. The van der Waals surface area contributed by atoms with Gasteiger partial charge in [0.25, 0.3) is 0 Å². The van der Waals surface area contributed by atoms with Gasteiger partial charge in [0.15, 0.2) is 16.0 Å². The second-order valence-electron chi connectivity index (χ2n) is 6.31. The number of nitriles is 1. The molecule has 4 atom stereocenters. The van der Waals surface area contributed by atoms with Gasteiger partial charge in [-0.25, -0.2) is 21.6 Å². The fourth-order valence-electron chi connectivity index (χ4n) is 2.58. The fraction of sp³-hybridized carbons (Fsp3) is 0.389. The van der Waals surface area contributed by atoms with Crippen LogP contribution in [0.3, 0.4) is 0 Å². The first-order valence-corrected chi connectivity index (χ1v) is 9.87. The van der Waals surface area contributed by atoms with Crippen molar-refractivity contribution in [2.45, 2.75) is 31.8 Å². The first-order chi connectivity index (χ1) is 12.5.